The quantitative estimate of drug-likeness (QED) is 0.467. The van der Waals surface area contributed by atoms with Crippen LogP contribution >= 0.6 is 0 Å². The Labute approximate surface area is 91.6 Å². The molecule has 1 aliphatic heterocycles. The van der Waals surface area contributed by atoms with Crippen LogP contribution in [0, 0.1) is 5.92 Å². The lowest BCUT2D eigenvalue weighted by Gasteiger charge is -2.31. The fraction of sp³-hybridized carbons (Fsp3) is 0.909. The van der Waals surface area contributed by atoms with Crippen molar-refractivity contribution in [2.24, 2.45) is 5.92 Å². The van der Waals surface area contributed by atoms with E-state index in [4.69, 9.17) is 5.11 Å². The number of hydrogen-bond donors (Lipinski definition) is 2. The lowest BCUT2D eigenvalue weighted by molar-refractivity contribution is 0.164. The number of carbonyl (C=O) groups excluding carboxylic acids is 1. The summed E-state index contributed by atoms with van der Waals surface area (Å²) in [7, 11) is 0. The molecule has 0 aromatic rings. The molecule has 0 atom stereocenters. The summed E-state index contributed by atoms with van der Waals surface area (Å²) in [5.74, 6) is 0.747. The Morgan fingerprint density at radius 1 is 1.40 bits per heavy atom. The molecule has 87 valence electrons. The Morgan fingerprint density at radius 2 is 2.13 bits per heavy atom. The summed E-state index contributed by atoms with van der Waals surface area (Å²) in [6.07, 6.45) is 6.09. The minimum Gasteiger partial charge on any atom is -0.396 e. The van der Waals surface area contributed by atoms with Crippen LogP contribution in [0.25, 0.3) is 0 Å². The van der Waals surface area contributed by atoms with E-state index in [1.54, 1.807) is 6.41 Å². The third-order valence-corrected chi connectivity index (χ3v) is 3.09. The van der Waals surface area contributed by atoms with Crippen LogP contribution in [0.15, 0.2) is 0 Å². The van der Waals surface area contributed by atoms with Crippen LogP contribution in [0.2, 0.25) is 0 Å². The van der Waals surface area contributed by atoms with Gasteiger partial charge in [0.15, 0.2) is 0 Å². The smallest absolute Gasteiger partial charge is 0.309 e. The Morgan fingerprint density at radius 3 is 2.73 bits per heavy atom. The minimum absolute atomic E-state index is 0.291. The molecule has 1 saturated heterocycles. The third-order valence-electron chi connectivity index (χ3n) is 3.09. The van der Waals surface area contributed by atoms with Gasteiger partial charge in [-0.2, -0.15) is 0 Å². The topological polar surface area (TPSA) is 52.6 Å². The van der Waals surface area contributed by atoms with Crippen LogP contribution in [0.5, 0.6) is 0 Å². The molecule has 15 heavy (non-hydrogen) atoms. The first-order valence-electron chi connectivity index (χ1n) is 5.80. The van der Waals surface area contributed by atoms with Gasteiger partial charge in [-0.15, -0.1) is 0 Å². The highest BCUT2D eigenvalue weighted by Crippen LogP contribution is 2.19. The maximum Gasteiger partial charge on any atom is 0.309 e. The van der Waals surface area contributed by atoms with Crippen LogP contribution in [0.3, 0.4) is 0 Å². The first-order chi connectivity index (χ1) is 7.36. The lowest BCUT2D eigenvalue weighted by Crippen LogP contribution is -2.35. The molecular weight excluding hydrogens is 192 g/mol. The van der Waals surface area contributed by atoms with E-state index < -0.39 is 0 Å². The average molecular weight is 213 g/mol. The predicted octanol–water partition coefficient (Wildman–Crippen LogP) is 0.128. The summed E-state index contributed by atoms with van der Waals surface area (Å²) in [5.41, 5.74) is 0. The predicted molar refractivity (Wildman–Crippen MR) is 59.2 cm³/mol. The number of likely N-dealkylation sites (tertiary alicyclic amines) is 1. The van der Waals surface area contributed by atoms with Crippen molar-refractivity contribution in [3.63, 3.8) is 0 Å². The van der Waals surface area contributed by atoms with Crippen molar-refractivity contribution in [3.05, 3.63) is 0 Å². The molecule has 0 aliphatic carbocycles. The Hall–Kier alpha value is -0.610. The number of hydrogen-bond acceptors (Lipinski definition) is 3. The summed E-state index contributed by atoms with van der Waals surface area (Å²) in [6.45, 7) is 4.33. The van der Waals surface area contributed by atoms with Crippen molar-refractivity contribution < 1.29 is 9.90 Å². The van der Waals surface area contributed by atoms with Gasteiger partial charge in [0.25, 0.3) is 0 Å². The molecule has 0 saturated carbocycles. The monoisotopic (exact) mass is 213 g/mol. The van der Waals surface area contributed by atoms with Crippen molar-refractivity contribution >= 4 is 6.41 Å². The summed E-state index contributed by atoms with van der Waals surface area (Å²) >= 11 is 0. The van der Waals surface area contributed by atoms with E-state index in [1.165, 1.54) is 12.8 Å². The highest BCUT2D eigenvalue weighted by Gasteiger charge is 2.17. The molecular formula is C11H21N2O2. The van der Waals surface area contributed by atoms with E-state index >= 15 is 0 Å². The van der Waals surface area contributed by atoms with E-state index in [0.717, 1.165) is 44.9 Å². The molecule has 1 amide bonds. The fourth-order valence-electron chi connectivity index (χ4n) is 2.12. The number of amides is 1. The Kier molecular flexibility index (Phi) is 6.36. The van der Waals surface area contributed by atoms with Gasteiger partial charge < -0.3 is 15.3 Å². The van der Waals surface area contributed by atoms with Gasteiger partial charge in [0.2, 0.25) is 0 Å². The maximum atomic E-state index is 9.95. The van der Waals surface area contributed by atoms with Crippen molar-refractivity contribution in [1.82, 2.24) is 10.2 Å². The minimum atomic E-state index is 0.291. The number of nitrogens with one attached hydrogen (secondary N) is 1. The van der Waals surface area contributed by atoms with Crippen LogP contribution in [0.4, 0.5) is 0 Å². The molecule has 0 bridgehead atoms. The Bertz CT molecular complexity index is 168. The largest absolute Gasteiger partial charge is 0.396 e. The van der Waals surface area contributed by atoms with Gasteiger partial charge in [-0.3, -0.25) is 4.79 Å². The summed E-state index contributed by atoms with van der Waals surface area (Å²) in [4.78, 5) is 12.4. The van der Waals surface area contributed by atoms with Crippen LogP contribution in [0.1, 0.15) is 25.7 Å². The average Bonchev–Trinajstić information content (AvgIpc) is 2.28. The van der Waals surface area contributed by atoms with Crippen LogP contribution < -0.4 is 5.32 Å². The summed E-state index contributed by atoms with van der Waals surface area (Å²) in [6, 6.07) is 0. The third kappa shape index (κ3) is 5.14. The number of nitrogens with zero attached hydrogens (tertiary/aromatic N) is 1. The van der Waals surface area contributed by atoms with Gasteiger partial charge in [-0.1, -0.05) is 0 Å². The molecule has 0 unspecified atom stereocenters. The molecule has 0 aromatic carbocycles. The van der Waals surface area contributed by atoms with E-state index in [-0.39, 0.29) is 0 Å². The van der Waals surface area contributed by atoms with Crippen molar-refractivity contribution in [1.29, 1.82) is 0 Å². The number of rotatable bonds is 7. The molecule has 2 N–H and O–H groups in total. The normalized spacial score (nSPS) is 19.0. The van der Waals surface area contributed by atoms with Gasteiger partial charge >= 0.3 is 6.41 Å². The molecule has 1 fully saturated rings. The number of aliphatic hydroxyl groups excluding tert-OH is 1. The molecule has 1 radical (unpaired) electrons. The van der Waals surface area contributed by atoms with Gasteiger partial charge in [0.1, 0.15) is 0 Å². The molecule has 4 nitrogen and oxygen atoms in total. The lowest BCUT2D eigenvalue weighted by atomic mass is 9.93. The van der Waals surface area contributed by atoms with Crippen LogP contribution in [-0.4, -0.2) is 49.2 Å². The van der Waals surface area contributed by atoms with Gasteiger partial charge in [-0.25, -0.2) is 0 Å². The summed E-state index contributed by atoms with van der Waals surface area (Å²) in [5, 5.41) is 11.3. The maximum absolute atomic E-state index is 9.95. The SMILES string of the molecule is O=[C]NCCC1CCN(CCCO)CC1. The highest BCUT2D eigenvalue weighted by atomic mass is 16.3. The molecule has 1 heterocycles. The first kappa shape index (κ1) is 12.5. The van der Waals surface area contributed by atoms with E-state index in [2.05, 4.69) is 10.2 Å². The zero-order chi connectivity index (χ0) is 10.9. The summed E-state index contributed by atoms with van der Waals surface area (Å²) < 4.78 is 0. The first-order valence-corrected chi connectivity index (χ1v) is 5.80. The van der Waals surface area contributed by atoms with E-state index in [1.807, 2.05) is 0 Å². The highest BCUT2D eigenvalue weighted by molar-refractivity contribution is 5.46. The van der Waals surface area contributed by atoms with E-state index in [0.29, 0.717) is 6.61 Å². The molecule has 0 aromatic heterocycles. The van der Waals surface area contributed by atoms with Gasteiger partial charge in [0, 0.05) is 19.7 Å². The van der Waals surface area contributed by atoms with Crippen molar-refractivity contribution in [2.75, 3.05) is 32.8 Å². The number of piperidine rings is 1. The van der Waals surface area contributed by atoms with Gasteiger partial charge in [0.05, 0.1) is 0 Å². The van der Waals surface area contributed by atoms with Gasteiger partial charge in [-0.05, 0) is 44.7 Å². The number of aliphatic hydroxyl groups is 1. The van der Waals surface area contributed by atoms with Crippen LogP contribution in [-0.2, 0) is 4.79 Å². The second kappa shape index (κ2) is 7.65. The molecule has 1 aliphatic rings. The fourth-order valence-corrected chi connectivity index (χ4v) is 2.12. The molecule has 1 rings (SSSR count). The Balaban J connectivity index is 2.04. The standard InChI is InChI=1S/C11H21N2O2/c14-9-1-6-13-7-3-11(4-8-13)2-5-12-10-15/h11,14H,1-9H2,(H,12,15). The molecule has 0 spiro atoms. The van der Waals surface area contributed by atoms with Crippen molar-refractivity contribution in [2.45, 2.75) is 25.7 Å². The second-order valence-corrected chi connectivity index (χ2v) is 4.18. The van der Waals surface area contributed by atoms with E-state index in [9.17, 15) is 4.79 Å². The second-order valence-electron chi connectivity index (χ2n) is 4.18. The zero-order valence-corrected chi connectivity index (χ0v) is 9.24. The zero-order valence-electron chi connectivity index (χ0n) is 9.24. The molecule has 4 heteroatoms. The van der Waals surface area contributed by atoms with Crippen molar-refractivity contribution in [3.8, 4) is 0 Å².